The first kappa shape index (κ1) is 12.6. The van der Waals surface area contributed by atoms with E-state index in [4.69, 9.17) is 4.74 Å². The van der Waals surface area contributed by atoms with Crippen molar-refractivity contribution in [3.63, 3.8) is 0 Å². The molecular weight excluding hydrogens is 282 g/mol. The molecule has 1 fully saturated rings. The van der Waals surface area contributed by atoms with E-state index in [-0.39, 0.29) is 11.9 Å². The molecule has 0 N–H and O–H groups in total. The van der Waals surface area contributed by atoms with Gasteiger partial charge in [0.15, 0.2) is 0 Å². The molecule has 0 radical (unpaired) electrons. The Hall–Kier alpha value is -0.870. The Balaban J connectivity index is 2.21. The molecule has 1 aliphatic heterocycles. The zero-order chi connectivity index (χ0) is 12.4. The highest BCUT2D eigenvalue weighted by Gasteiger charge is 2.24. The van der Waals surface area contributed by atoms with Crippen LogP contribution in [0.15, 0.2) is 22.7 Å². The number of nitrogens with zero attached hydrogens (tertiary/aromatic N) is 1. The summed E-state index contributed by atoms with van der Waals surface area (Å²) in [7, 11) is 0. The van der Waals surface area contributed by atoms with E-state index < -0.39 is 0 Å². The van der Waals surface area contributed by atoms with Crippen molar-refractivity contribution in [3.8, 4) is 0 Å². The molecule has 2 rings (SSSR count). The van der Waals surface area contributed by atoms with Gasteiger partial charge < -0.3 is 9.64 Å². The SMILES string of the molecule is Cc1cc(C(=O)N2CCOC[C@H]2C)ccc1Br. The van der Waals surface area contributed by atoms with Crippen molar-refractivity contribution in [2.24, 2.45) is 0 Å². The molecule has 0 unspecified atom stereocenters. The van der Waals surface area contributed by atoms with Gasteiger partial charge in [0.05, 0.1) is 19.3 Å². The fraction of sp³-hybridized carbons (Fsp3) is 0.462. The minimum absolute atomic E-state index is 0.0939. The van der Waals surface area contributed by atoms with Gasteiger partial charge >= 0.3 is 0 Å². The van der Waals surface area contributed by atoms with Crippen LogP contribution >= 0.6 is 15.9 Å². The van der Waals surface area contributed by atoms with Gasteiger partial charge in [0.25, 0.3) is 5.91 Å². The maximum Gasteiger partial charge on any atom is 0.254 e. The van der Waals surface area contributed by atoms with Crippen molar-refractivity contribution in [3.05, 3.63) is 33.8 Å². The third kappa shape index (κ3) is 2.69. The number of rotatable bonds is 1. The smallest absolute Gasteiger partial charge is 0.254 e. The van der Waals surface area contributed by atoms with Crippen LogP contribution in [0.3, 0.4) is 0 Å². The van der Waals surface area contributed by atoms with Gasteiger partial charge in [-0.05, 0) is 37.6 Å². The molecule has 0 spiro atoms. The fourth-order valence-electron chi connectivity index (χ4n) is 1.97. The number of morpholine rings is 1. The molecule has 1 saturated heterocycles. The van der Waals surface area contributed by atoms with E-state index in [1.807, 2.05) is 36.9 Å². The predicted octanol–water partition coefficient (Wildman–Crippen LogP) is 2.62. The van der Waals surface area contributed by atoms with Crippen LogP contribution in [0, 0.1) is 6.92 Å². The lowest BCUT2D eigenvalue weighted by Crippen LogP contribution is -2.47. The highest BCUT2D eigenvalue weighted by atomic mass is 79.9. The van der Waals surface area contributed by atoms with Crippen LogP contribution in [0.2, 0.25) is 0 Å². The first-order chi connectivity index (χ1) is 8.09. The highest BCUT2D eigenvalue weighted by Crippen LogP contribution is 2.19. The van der Waals surface area contributed by atoms with E-state index in [2.05, 4.69) is 15.9 Å². The van der Waals surface area contributed by atoms with Gasteiger partial charge in [-0.2, -0.15) is 0 Å². The van der Waals surface area contributed by atoms with Gasteiger partial charge in [0.2, 0.25) is 0 Å². The average Bonchev–Trinajstić information content (AvgIpc) is 2.32. The molecule has 1 atom stereocenters. The average molecular weight is 298 g/mol. The molecule has 17 heavy (non-hydrogen) atoms. The standard InChI is InChI=1S/C13H16BrNO2/c1-9-7-11(3-4-12(9)14)13(16)15-5-6-17-8-10(15)2/h3-4,7,10H,5-6,8H2,1-2H3/t10-/m1/s1. The molecule has 0 saturated carbocycles. The molecule has 3 nitrogen and oxygen atoms in total. The Bertz CT molecular complexity index is 433. The number of carbonyl (C=O) groups is 1. The van der Waals surface area contributed by atoms with Crippen molar-refractivity contribution < 1.29 is 9.53 Å². The largest absolute Gasteiger partial charge is 0.377 e. The lowest BCUT2D eigenvalue weighted by atomic mass is 10.1. The maximum atomic E-state index is 12.3. The summed E-state index contributed by atoms with van der Waals surface area (Å²) in [6.07, 6.45) is 0. The molecular formula is C13H16BrNO2. The highest BCUT2D eigenvalue weighted by molar-refractivity contribution is 9.10. The number of amides is 1. The molecule has 1 aromatic rings. The van der Waals surface area contributed by atoms with E-state index in [1.165, 1.54) is 0 Å². The van der Waals surface area contributed by atoms with Gasteiger partial charge in [-0.15, -0.1) is 0 Å². The lowest BCUT2D eigenvalue weighted by molar-refractivity contribution is 0.00359. The van der Waals surface area contributed by atoms with Gasteiger partial charge in [-0.1, -0.05) is 15.9 Å². The molecule has 4 heteroatoms. The fourth-order valence-corrected chi connectivity index (χ4v) is 2.22. The van der Waals surface area contributed by atoms with Gasteiger partial charge in [0, 0.05) is 16.6 Å². The van der Waals surface area contributed by atoms with Crippen LogP contribution in [0.4, 0.5) is 0 Å². The first-order valence-corrected chi connectivity index (χ1v) is 6.54. The van der Waals surface area contributed by atoms with Gasteiger partial charge in [-0.25, -0.2) is 0 Å². The molecule has 0 aromatic heterocycles. The quantitative estimate of drug-likeness (QED) is 0.797. The zero-order valence-electron chi connectivity index (χ0n) is 10.1. The van der Waals surface area contributed by atoms with Crippen molar-refractivity contribution in [1.29, 1.82) is 0 Å². The van der Waals surface area contributed by atoms with Gasteiger partial charge in [-0.3, -0.25) is 4.79 Å². The molecule has 92 valence electrons. The summed E-state index contributed by atoms with van der Waals surface area (Å²) in [6, 6.07) is 5.87. The lowest BCUT2D eigenvalue weighted by Gasteiger charge is -2.33. The van der Waals surface area contributed by atoms with Crippen LogP contribution in [0.5, 0.6) is 0 Å². The van der Waals surface area contributed by atoms with Crippen LogP contribution in [-0.4, -0.2) is 36.6 Å². The second kappa shape index (κ2) is 5.19. The van der Waals surface area contributed by atoms with E-state index in [9.17, 15) is 4.79 Å². The Morgan fingerprint density at radius 1 is 1.53 bits per heavy atom. The number of hydrogen-bond acceptors (Lipinski definition) is 2. The number of carbonyl (C=O) groups excluding carboxylic acids is 1. The number of aryl methyl sites for hydroxylation is 1. The summed E-state index contributed by atoms with van der Waals surface area (Å²) in [5.74, 6) is 0.0939. The molecule has 1 aliphatic rings. The molecule has 0 aliphatic carbocycles. The topological polar surface area (TPSA) is 29.5 Å². The zero-order valence-corrected chi connectivity index (χ0v) is 11.7. The van der Waals surface area contributed by atoms with Crippen molar-refractivity contribution >= 4 is 21.8 Å². The van der Waals surface area contributed by atoms with Crippen molar-refractivity contribution in [2.45, 2.75) is 19.9 Å². The molecule has 1 aromatic carbocycles. The third-order valence-corrected chi connectivity index (χ3v) is 3.92. The second-order valence-electron chi connectivity index (χ2n) is 4.39. The Kier molecular flexibility index (Phi) is 3.84. The summed E-state index contributed by atoms with van der Waals surface area (Å²) < 4.78 is 6.37. The van der Waals surface area contributed by atoms with E-state index in [1.54, 1.807) is 0 Å². The number of hydrogen-bond donors (Lipinski definition) is 0. The summed E-state index contributed by atoms with van der Waals surface area (Å²) >= 11 is 3.44. The monoisotopic (exact) mass is 297 g/mol. The summed E-state index contributed by atoms with van der Waals surface area (Å²) in [4.78, 5) is 14.2. The molecule has 0 bridgehead atoms. The molecule has 1 heterocycles. The first-order valence-electron chi connectivity index (χ1n) is 5.74. The van der Waals surface area contributed by atoms with Gasteiger partial charge in [0.1, 0.15) is 0 Å². The Morgan fingerprint density at radius 3 is 2.94 bits per heavy atom. The van der Waals surface area contributed by atoms with Crippen molar-refractivity contribution in [1.82, 2.24) is 4.90 Å². The second-order valence-corrected chi connectivity index (χ2v) is 5.24. The summed E-state index contributed by atoms with van der Waals surface area (Å²) in [5.41, 5.74) is 1.83. The van der Waals surface area contributed by atoms with E-state index in [0.717, 1.165) is 15.6 Å². The number of benzene rings is 1. The third-order valence-electron chi connectivity index (χ3n) is 3.03. The predicted molar refractivity (Wildman–Crippen MR) is 70.2 cm³/mol. The molecule has 1 amide bonds. The van der Waals surface area contributed by atoms with Crippen LogP contribution in [-0.2, 0) is 4.74 Å². The van der Waals surface area contributed by atoms with E-state index in [0.29, 0.717) is 19.8 Å². The van der Waals surface area contributed by atoms with Crippen LogP contribution < -0.4 is 0 Å². The number of halogens is 1. The summed E-state index contributed by atoms with van der Waals surface area (Å²) in [5, 5.41) is 0. The normalized spacial score (nSPS) is 20.4. The van der Waals surface area contributed by atoms with E-state index >= 15 is 0 Å². The minimum atomic E-state index is 0.0939. The number of ether oxygens (including phenoxy) is 1. The maximum absolute atomic E-state index is 12.3. The minimum Gasteiger partial charge on any atom is -0.377 e. The van der Waals surface area contributed by atoms with Crippen LogP contribution in [0.25, 0.3) is 0 Å². The Labute approximate surface area is 110 Å². The summed E-state index contributed by atoms with van der Waals surface area (Å²) in [6.45, 7) is 5.94. The Morgan fingerprint density at radius 2 is 2.29 bits per heavy atom. The van der Waals surface area contributed by atoms with Crippen molar-refractivity contribution in [2.75, 3.05) is 19.8 Å². The van der Waals surface area contributed by atoms with Crippen LogP contribution in [0.1, 0.15) is 22.8 Å².